The van der Waals surface area contributed by atoms with E-state index >= 15 is 0 Å². The number of carboxylic acids is 1. The van der Waals surface area contributed by atoms with Crippen LogP contribution in [0.15, 0.2) is 36.7 Å². The molecule has 0 aliphatic heterocycles. The summed E-state index contributed by atoms with van der Waals surface area (Å²) in [5.74, 6) is -0.435. The SMILES string of the molecule is O=C(O)c1cn(CCCCc2cc3c(nn2)CC(c2ccccn2)=C3C2CC2)nn1. The van der Waals surface area contributed by atoms with Gasteiger partial charge in [-0.3, -0.25) is 9.67 Å². The normalized spacial score (nSPS) is 15.5. The molecule has 0 amide bonds. The van der Waals surface area contributed by atoms with E-state index in [0.29, 0.717) is 12.5 Å². The van der Waals surface area contributed by atoms with Gasteiger partial charge in [0.2, 0.25) is 0 Å². The van der Waals surface area contributed by atoms with Gasteiger partial charge in [-0.1, -0.05) is 11.3 Å². The van der Waals surface area contributed by atoms with Crippen molar-refractivity contribution in [2.75, 3.05) is 0 Å². The molecule has 0 atom stereocenters. The van der Waals surface area contributed by atoms with Crippen LogP contribution in [0.4, 0.5) is 0 Å². The molecule has 0 unspecified atom stereocenters. The summed E-state index contributed by atoms with van der Waals surface area (Å²) in [6.07, 6.45) is 9.21. The van der Waals surface area contributed by atoms with Crippen LogP contribution in [-0.4, -0.2) is 41.3 Å². The molecule has 152 valence electrons. The molecule has 2 aliphatic rings. The van der Waals surface area contributed by atoms with Gasteiger partial charge < -0.3 is 5.11 Å². The van der Waals surface area contributed by atoms with Gasteiger partial charge in [0.1, 0.15) is 0 Å². The van der Waals surface area contributed by atoms with Gasteiger partial charge >= 0.3 is 5.97 Å². The lowest BCUT2D eigenvalue weighted by Crippen LogP contribution is -2.02. The monoisotopic (exact) mass is 402 g/mol. The molecule has 0 saturated heterocycles. The number of aromatic nitrogens is 6. The van der Waals surface area contributed by atoms with Crippen LogP contribution in [0.1, 0.15) is 58.8 Å². The molecular formula is C22H22N6O2. The highest BCUT2D eigenvalue weighted by Crippen LogP contribution is 2.50. The molecule has 0 radical (unpaired) electrons. The van der Waals surface area contributed by atoms with Crippen molar-refractivity contribution < 1.29 is 9.90 Å². The quantitative estimate of drug-likeness (QED) is 0.577. The summed E-state index contributed by atoms with van der Waals surface area (Å²) in [5.41, 5.74) is 7.06. The predicted octanol–water partition coefficient (Wildman–Crippen LogP) is 3.06. The van der Waals surface area contributed by atoms with Gasteiger partial charge in [-0.15, -0.1) is 5.10 Å². The molecule has 1 saturated carbocycles. The number of carboxylic acid groups (broad SMARTS) is 1. The third-order valence-electron chi connectivity index (χ3n) is 5.67. The third kappa shape index (κ3) is 3.72. The second kappa shape index (κ2) is 7.78. The Labute approximate surface area is 173 Å². The lowest BCUT2D eigenvalue weighted by molar-refractivity contribution is 0.0690. The Kier molecular flexibility index (Phi) is 4.82. The summed E-state index contributed by atoms with van der Waals surface area (Å²) < 4.78 is 1.57. The second-order valence-corrected chi connectivity index (χ2v) is 7.88. The molecule has 2 aliphatic carbocycles. The number of fused-ring (bicyclic) bond motifs is 1. The number of nitrogens with zero attached hydrogens (tertiary/aromatic N) is 6. The van der Waals surface area contributed by atoms with Crippen LogP contribution in [0, 0.1) is 5.92 Å². The van der Waals surface area contributed by atoms with Gasteiger partial charge in [0.15, 0.2) is 5.69 Å². The average molecular weight is 402 g/mol. The fourth-order valence-corrected chi connectivity index (χ4v) is 4.06. The maximum atomic E-state index is 10.9. The number of aromatic carboxylic acids is 1. The van der Waals surface area contributed by atoms with Gasteiger partial charge in [0, 0.05) is 24.7 Å². The topological polar surface area (TPSA) is 107 Å². The van der Waals surface area contributed by atoms with Crippen molar-refractivity contribution in [3.05, 3.63) is 65.0 Å². The van der Waals surface area contributed by atoms with E-state index in [9.17, 15) is 4.79 Å². The van der Waals surface area contributed by atoms with Gasteiger partial charge in [-0.05, 0) is 67.4 Å². The van der Waals surface area contributed by atoms with E-state index in [2.05, 4.69) is 37.6 Å². The smallest absolute Gasteiger partial charge is 0.358 e. The highest BCUT2D eigenvalue weighted by Gasteiger charge is 2.36. The third-order valence-corrected chi connectivity index (χ3v) is 5.67. The van der Waals surface area contributed by atoms with E-state index in [1.807, 2.05) is 18.3 Å². The van der Waals surface area contributed by atoms with Crippen molar-refractivity contribution in [1.29, 1.82) is 0 Å². The first-order chi connectivity index (χ1) is 14.7. The van der Waals surface area contributed by atoms with E-state index in [1.165, 1.54) is 35.7 Å². The van der Waals surface area contributed by atoms with Gasteiger partial charge in [-0.25, -0.2) is 4.79 Å². The lowest BCUT2D eigenvalue weighted by atomic mass is 9.99. The maximum Gasteiger partial charge on any atom is 0.358 e. The molecule has 0 bridgehead atoms. The largest absolute Gasteiger partial charge is 0.476 e. The van der Waals surface area contributed by atoms with E-state index in [0.717, 1.165) is 42.8 Å². The molecule has 3 aromatic rings. The minimum atomic E-state index is -1.06. The van der Waals surface area contributed by atoms with Crippen molar-refractivity contribution in [1.82, 2.24) is 30.2 Å². The predicted molar refractivity (Wildman–Crippen MR) is 109 cm³/mol. The van der Waals surface area contributed by atoms with Crippen molar-refractivity contribution in [3.8, 4) is 0 Å². The molecule has 0 spiro atoms. The molecule has 5 rings (SSSR count). The minimum Gasteiger partial charge on any atom is -0.476 e. The van der Waals surface area contributed by atoms with Crippen LogP contribution in [0.2, 0.25) is 0 Å². The molecule has 1 N–H and O–H groups in total. The summed E-state index contributed by atoms with van der Waals surface area (Å²) in [5, 5.41) is 25.4. The number of rotatable bonds is 8. The first-order valence-electron chi connectivity index (χ1n) is 10.3. The number of allylic oxidation sites excluding steroid dienone is 2. The zero-order chi connectivity index (χ0) is 20.5. The number of pyridine rings is 1. The molecule has 30 heavy (non-hydrogen) atoms. The Morgan fingerprint density at radius 1 is 1.17 bits per heavy atom. The van der Waals surface area contributed by atoms with E-state index in [-0.39, 0.29) is 5.69 Å². The molecule has 3 aromatic heterocycles. The van der Waals surface area contributed by atoms with Crippen molar-refractivity contribution in [3.63, 3.8) is 0 Å². The van der Waals surface area contributed by atoms with E-state index < -0.39 is 5.97 Å². The first-order valence-corrected chi connectivity index (χ1v) is 10.3. The zero-order valence-corrected chi connectivity index (χ0v) is 16.5. The first kappa shape index (κ1) is 18.6. The van der Waals surface area contributed by atoms with Gasteiger partial charge in [0.25, 0.3) is 0 Å². The molecule has 8 nitrogen and oxygen atoms in total. The lowest BCUT2D eigenvalue weighted by Gasteiger charge is -2.08. The number of carbonyl (C=O) groups is 1. The number of hydrogen-bond donors (Lipinski definition) is 1. The second-order valence-electron chi connectivity index (χ2n) is 7.88. The number of hydrogen-bond acceptors (Lipinski definition) is 6. The van der Waals surface area contributed by atoms with Crippen molar-refractivity contribution >= 4 is 17.1 Å². The minimum absolute atomic E-state index is 0.0254. The molecule has 0 aromatic carbocycles. The number of aryl methyl sites for hydroxylation is 2. The summed E-state index contributed by atoms with van der Waals surface area (Å²) in [4.78, 5) is 15.4. The van der Waals surface area contributed by atoms with Crippen LogP contribution in [0.3, 0.4) is 0 Å². The van der Waals surface area contributed by atoms with Crippen LogP contribution < -0.4 is 0 Å². The Morgan fingerprint density at radius 2 is 2.07 bits per heavy atom. The van der Waals surface area contributed by atoms with Crippen LogP contribution >= 0.6 is 0 Å². The average Bonchev–Trinajstić information content (AvgIpc) is 3.35. The van der Waals surface area contributed by atoms with E-state index in [4.69, 9.17) is 5.11 Å². The molecule has 3 heterocycles. The van der Waals surface area contributed by atoms with Crippen LogP contribution in [0.5, 0.6) is 0 Å². The number of unbranched alkanes of at least 4 members (excludes halogenated alkanes) is 1. The summed E-state index contributed by atoms with van der Waals surface area (Å²) >= 11 is 0. The van der Waals surface area contributed by atoms with E-state index in [1.54, 1.807) is 4.68 Å². The standard InChI is InChI=1S/C22H22N6O2/c29-22(30)20-13-28(27-26-20)10-4-2-5-15-11-16-19(25-24-15)12-17(21(16)14-7-8-14)18-6-1-3-9-23-18/h1,3,6,9,11,13-14H,2,4-5,7-8,10,12H2,(H,29,30). The summed E-state index contributed by atoms with van der Waals surface area (Å²) in [6.45, 7) is 0.635. The van der Waals surface area contributed by atoms with Gasteiger partial charge in [0.05, 0.1) is 23.3 Å². The molecule has 1 fully saturated rings. The fraction of sp³-hybridized carbons (Fsp3) is 0.364. The summed E-state index contributed by atoms with van der Waals surface area (Å²) in [7, 11) is 0. The fourth-order valence-electron chi connectivity index (χ4n) is 4.06. The highest BCUT2D eigenvalue weighted by atomic mass is 16.4. The van der Waals surface area contributed by atoms with Crippen LogP contribution in [0.25, 0.3) is 11.1 Å². The van der Waals surface area contributed by atoms with Crippen molar-refractivity contribution in [2.45, 2.75) is 45.1 Å². The Balaban J connectivity index is 1.27. The molecular weight excluding hydrogens is 380 g/mol. The summed E-state index contributed by atoms with van der Waals surface area (Å²) in [6, 6.07) is 8.28. The Bertz CT molecular complexity index is 1120. The van der Waals surface area contributed by atoms with Crippen molar-refractivity contribution in [2.24, 2.45) is 5.92 Å². The zero-order valence-electron chi connectivity index (χ0n) is 16.5. The Morgan fingerprint density at radius 3 is 2.80 bits per heavy atom. The Hall–Kier alpha value is -3.42. The van der Waals surface area contributed by atoms with Crippen LogP contribution in [-0.2, 0) is 19.4 Å². The maximum absolute atomic E-state index is 10.9. The van der Waals surface area contributed by atoms with Gasteiger partial charge in [-0.2, -0.15) is 10.2 Å². The highest BCUT2D eigenvalue weighted by molar-refractivity contribution is 5.97. The molecule has 8 heteroatoms.